The molecule has 70 valence electrons. The topological polar surface area (TPSA) is 12.0 Å². The molecule has 0 aromatic heterocycles. The molecule has 0 saturated carbocycles. The van der Waals surface area contributed by atoms with E-state index in [1.54, 1.807) is 0 Å². The van der Waals surface area contributed by atoms with Gasteiger partial charge in [0.2, 0.25) is 0 Å². The number of hydrogen-bond donors (Lipinski definition) is 1. The van der Waals surface area contributed by atoms with E-state index in [0.717, 1.165) is 16.6 Å². The Morgan fingerprint density at radius 1 is 1.46 bits per heavy atom. The van der Waals surface area contributed by atoms with Gasteiger partial charge in [-0.1, -0.05) is 28.1 Å². The van der Waals surface area contributed by atoms with Gasteiger partial charge >= 0.3 is 0 Å². The predicted octanol–water partition coefficient (Wildman–Crippen LogP) is 2.61. The van der Waals surface area contributed by atoms with E-state index in [4.69, 9.17) is 0 Å². The lowest BCUT2D eigenvalue weighted by molar-refractivity contribution is 0.193. The van der Waals surface area contributed by atoms with Crippen molar-refractivity contribution in [2.75, 3.05) is 13.1 Å². The minimum atomic E-state index is -1.16. The Morgan fingerprint density at radius 2 is 2.31 bits per heavy atom. The van der Waals surface area contributed by atoms with Crippen LogP contribution in [0.25, 0.3) is 0 Å². The summed E-state index contributed by atoms with van der Waals surface area (Å²) < 4.78 is 15.1. The molecule has 2 rings (SSSR count). The van der Waals surface area contributed by atoms with Crippen LogP contribution in [-0.4, -0.2) is 13.1 Å². The van der Waals surface area contributed by atoms with Gasteiger partial charge in [0.1, 0.15) is 5.67 Å². The first kappa shape index (κ1) is 9.16. The molecule has 1 N–H and O–H groups in total. The second kappa shape index (κ2) is 3.39. The van der Waals surface area contributed by atoms with Gasteiger partial charge in [0.15, 0.2) is 0 Å². The molecule has 1 atom stereocenters. The Hall–Kier alpha value is -0.410. The Labute approximate surface area is 85.5 Å². The van der Waals surface area contributed by atoms with Gasteiger partial charge in [-0.15, -0.1) is 0 Å². The van der Waals surface area contributed by atoms with E-state index < -0.39 is 5.67 Å². The first-order valence-corrected chi connectivity index (χ1v) is 5.16. The lowest BCUT2D eigenvalue weighted by Gasteiger charge is -2.18. The molecule has 0 bridgehead atoms. The summed E-state index contributed by atoms with van der Waals surface area (Å²) in [6.07, 6.45) is 0.573. The van der Waals surface area contributed by atoms with Crippen LogP contribution in [0.4, 0.5) is 4.39 Å². The molecule has 13 heavy (non-hydrogen) atoms. The van der Waals surface area contributed by atoms with Gasteiger partial charge in [-0.2, -0.15) is 0 Å². The molecular formula is C10H11BrFN. The summed E-state index contributed by atoms with van der Waals surface area (Å²) >= 11 is 3.35. The third-order valence-corrected chi connectivity index (χ3v) is 2.94. The fraction of sp³-hybridized carbons (Fsp3) is 0.400. The summed E-state index contributed by atoms with van der Waals surface area (Å²) in [5, 5.41) is 3.04. The van der Waals surface area contributed by atoms with Crippen molar-refractivity contribution < 1.29 is 4.39 Å². The Bertz CT molecular complexity index is 308. The van der Waals surface area contributed by atoms with Gasteiger partial charge < -0.3 is 5.32 Å². The van der Waals surface area contributed by atoms with Crippen LogP contribution in [0.5, 0.6) is 0 Å². The molecule has 1 nitrogen and oxygen atoms in total. The molecule has 1 aliphatic heterocycles. The third kappa shape index (κ3) is 1.76. The van der Waals surface area contributed by atoms with Gasteiger partial charge in [-0.3, -0.25) is 0 Å². The molecular weight excluding hydrogens is 233 g/mol. The number of alkyl halides is 1. The second-order valence-corrected chi connectivity index (χ2v) is 4.32. The average molecular weight is 244 g/mol. The van der Waals surface area contributed by atoms with Crippen LogP contribution in [0.15, 0.2) is 28.7 Å². The van der Waals surface area contributed by atoms with Gasteiger partial charge in [0.25, 0.3) is 0 Å². The van der Waals surface area contributed by atoms with Crippen molar-refractivity contribution in [3.8, 4) is 0 Å². The maximum Gasteiger partial charge on any atom is 0.149 e. The van der Waals surface area contributed by atoms with Gasteiger partial charge in [0, 0.05) is 11.0 Å². The smallest absolute Gasteiger partial charge is 0.149 e. The molecule has 0 radical (unpaired) electrons. The van der Waals surface area contributed by atoms with Crippen LogP contribution < -0.4 is 5.32 Å². The van der Waals surface area contributed by atoms with E-state index in [0.29, 0.717) is 13.0 Å². The Kier molecular flexibility index (Phi) is 2.39. The molecule has 1 saturated heterocycles. The average Bonchev–Trinajstić information content (AvgIpc) is 2.54. The van der Waals surface area contributed by atoms with Crippen LogP contribution >= 0.6 is 15.9 Å². The van der Waals surface area contributed by atoms with Gasteiger partial charge in [0.05, 0.1) is 0 Å². The van der Waals surface area contributed by atoms with E-state index in [9.17, 15) is 4.39 Å². The summed E-state index contributed by atoms with van der Waals surface area (Å²) in [4.78, 5) is 0. The van der Waals surface area contributed by atoms with Gasteiger partial charge in [-0.25, -0.2) is 4.39 Å². The largest absolute Gasteiger partial charge is 0.313 e. The van der Waals surface area contributed by atoms with Crippen LogP contribution in [0.3, 0.4) is 0 Å². The summed E-state index contributed by atoms with van der Waals surface area (Å²) in [7, 11) is 0. The fourth-order valence-corrected chi connectivity index (χ4v) is 2.07. The fourth-order valence-electron chi connectivity index (χ4n) is 1.68. The first-order valence-electron chi connectivity index (χ1n) is 4.36. The summed E-state index contributed by atoms with van der Waals surface area (Å²) in [5.41, 5.74) is -0.393. The third-order valence-electron chi connectivity index (χ3n) is 2.45. The van der Waals surface area contributed by atoms with Gasteiger partial charge in [-0.05, 0) is 30.7 Å². The molecule has 0 spiro atoms. The van der Waals surface area contributed by atoms with Crippen molar-refractivity contribution in [3.05, 3.63) is 34.3 Å². The maximum absolute atomic E-state index is 14.1. The standard InChI is InChI=1S/C10H11BrFN/c11-9-3-1-2-8(6-9)10(12)4-5-13-7-10/h1-3,6,13H,4-5,7H2. The number of benzene rings is 1. The van der Waals surface area contributed by atoms with Crippen LogP contribution in [0.2, 0.25) is 0 Å². The van der Waals surface area contributed by atoms with Crippen molar-refractivity contribution in [1.82, 2.24) is 5.32 Å². The van der Waals surface area contributed by atoms with Crippen molar-refractivity contribution in [3.63, 3.8) is 0 Å². The molecule has 1 aliphatic rings. The molecule has 3 heteroatoms. The number of nitrogens with one attached hydrogen (secondary N) is 1. The SMILES string of the molecule is FC1(c2cccc(Br)c2)CCNC1. The van der Waals surface area contributed by atoms with E-state index >= 15 is 0 Å². The Morgan fingerprint density at radius 3 is 2.92 bits per heavy atom. The highest BCUT2D eigenvalue weighted by atomic mass is 79.9. The highest BCUT2D eigenvalue weighted by Gasteiger charge is 2.35. The van der Waals surface area contributed by atoms with Crippen LogP contribution in [-0.2, 0) is 5.67 Å². The quantitative estimate of drug-likeness (QED) is 0.800. The summed E-state index contributed by atoms with van der Waals surface area (Å²) in [5.74, 6) is 0. The summed E-state index contributed by atoms with van der Waals surface area (Å²) in [6.45, 7) is 1.20. The van der Waals surface area contributed by atoms with Crippen LogP contribution in [0.1, 0.15) is 12.0 Å². The molecule has 1 unspecified atom stereocenters. The predicted molar refractivity (Wildman–Crippen MR) is 54.4 cm³/mol. The second-order valence-electron chi connectivity index (χ2n) is 3.40. The minimum Gasteiger partial charge on any atom is -0.313 e. The minimum absolute atomic E-state index is 0.434. The zero-order chi connectivity index (χ0) is 9.31. The lowest BCUT2D eigenvalue weighted by atomic mass is 9.95. The van der Waals surface area contributed by atoms with Crippen LogP contribution in [0, 0.1) is 0 Å². The zero-order valence-corrected chi connectivity index (χ0v) is 8.77. The Balaban J connectivity index is 2.33. The molecule has 1 fully saturated rings. The molecule has 0 amide bonds. The highest BCUT2D eigenvalue weighted by Crippen LogP contribution is 2.33. The summed E-state index contributed by atoms with van der Waals surface area (Å²) in [6, 6.07) is 7.49. The molecule has 0 aliphatic carbocycles. The lowest BCUT2D eigenvalue weighted by Crippen LogP contribution is -2.23. The van der Waals surface area contributed by atoms with E-state index in [2.05, 4.69) is 21.2 Å². The van der Waals surface area contributed by atoms with Crippen molar-refractivity contribution in [1.29, 1.82) is 0 Å². The monoisotopic (exact) mass is 243 g/mol. The molecule has 1 aromatic rings. The highest BCUT2D eigenvalue weighted by molar-refractivity contribution is 9.10. The van der Waals surface area contributed by atoms with Crippen molar-refractivity contribution in [2.24, 2.45) is 0 Å². The normalized spacial score (nSPS) is 27.8. The van der Waals surface area contributed by atoms with E-state index in [-0.39, 0.29) is 0 Å². The number of rotatable bonds is 1. The first-order chi connectivity index (χ1) is 6.21. The van der Waals surface area contributed by atoms with E-state index in [1.165, 1.54) is 0 Å². The zero-order valence-electron chi connectivity index (χ0n) is 7.19. The molecule has 1 heterocycles. The van der Waals surface area contributed by atoms with Crippen molar-refractivity contribution >= 4 is 15.9 Å². The van der Waals surface area contributed by atoms with E-state index in [1.807, 2.05) is 24.3 Å². The van der Waals surface area contributed by atoms with Crippen molar-refractivity contribution in [2.45, 2.75) is 12.1 Å². The number of halogens is 2. The molecule has 1 aromatic carbocycles. The maximum atomic E-state index is 14.1. The number of hydrogen-bond acceptors (Lipinski definition) is 1.